The molecule has 0 heterocycles. The molecule has 0 spiro atoms. The van der Waals surface area contributed by atoms with Gasteiger partial charge in [0.05, 0.1) is 11.5 Å². The summed E-state index contributed by atoms with van der Waals surface area (Å²) >= 11 is 0. The van der Waals surface area contributed by atoms with Crippen molar-refractivity contribution in [3.63, 3.8) is 0 Å². The van der Waals surface area contributed by atoms with Crippen molar-refractivity contribution in [3.8, 4) is 0 Å². The van der Waals surface area contributed by atoms with Crippen LogP contribution in [-0.4, -0.2) is 21.7 Å². The average molecular weight is 198 g/mol. The van der Waals surface area contributed by atoms with Gasteiger partial charge in [-0.1, -0.05) is 0 Å². The Kier molecular flexibility index (Phi) is 3.00. The molecule has 6 nitrogen and oxygen atoms in total. The summed E-state index contributed by atoms with van der Waals surface area (Å²) in [5, 5.41) is 28.3. The summed E-state index contributed by atoms with van der Waals surface area (Å²) in [5.41, 5.74) is 5.70. The summed E-state index contributed by atoms with van der Waals surface area (Å²) in [6.45, 7) is -0.522. The lowest BCUT2D eigenvalue weighted by Crippen LogP contribution is -2.06. The number of aliphatic hydroxyl groups excluding tert-OH is 2. The number of aliphatic hydroxyl groups is 2. The maximum Gasteiger partial charge on any atom is 0.269 e. The first kappa shape index (κ1) is 10.4. The molecular weight excluding hydrogens is 188 g/mol. The van der Waals surface area contributed by atoms with Gasteiger partial charge in [-0.25, -0.2) is 0 Å². The smallest absolute Gasteiger partial charge is 0.269 e. The van der Waals surface area contributed by atoms with Crippen molar-refractivity contribution >= 4 is 11.4 Å². The molecule has 0 bridgehead atoms. The Bertz CT molecular complexity index is 353. The Hall–Kier alpha value is -1.66. The molecule has 0 aliphatic heterocycles. The first-order chi connectivity index (χ1) is 6.56. The van der Waals surface area contributed by atoms with Crippen molar-refractivity contribution in [2.45, 2.75) is 6.10 Å². The van der Waals surface area contributed by atoms with E-state index in [1.165, 1.54) is 12.1 Å². The van der Waals surface area contributed by atoms with Crippen molar-refractivity contribution in [1.29, 1.82) is 0 Å². The predicted octanol–water partition coefficient (Wildman–Crippen LogP) is 0.203. The first-order valence-corrected chi connectivity index (χ1v) is 3.89. The number of hydrogen-bond acceptors (Lipinski definition) is 5. The molecule has 1 unspecified atom stereocenters. The van der Waals surface area contributed by atoms with E-state index in [1.54, 1.807) is 0 Å². The molecule has 4 N–H and O–H groups in total. The van der Waals surface area contributed by atoms with E-state index < -0.39 is 17.6 Å². The number of nitrogens with two attached hydrogens (primary N) is 1. The van der Waals surface area contributed by atoms with E-state index >= 15 is 0 Å². The summed E-state index contributed by atoms with van der Waals surface area (Å²) in [6, 6.07) is 3.71. The monoisotopic (exact) mass is 198 g/mol. The molecule has 0 saturated heterocycles. The van der Waals surface area contributed by atoms with Gasteiger partial charge in [0.15, 0.2) is 0 Å². The highest BCUT2D eigenvalue weighted by Crippen LogP contribution is 2.24. The van der Waals surface area contributed by atoms with E-state index in [0.717, 1.165) is 6.07 Å². The largest absolute Gasteiger partial charge is 0.398 e. The van der Waals surface area contributed by atoms with Gasteiger partial charge in [0, 0.05) is 23.4 Å². The zero-order chi connectivity index (χ0) is 10.7. The van der Waals surface area contributed by atoms with Gasteiger partial charge in [-0.05, 0) is 6.07 Å². The topological polar surface area (TPSA) is 110 Å². The number of anilines is 1. The second-order valence-electron chi connectivity index (χ2n) is 2.77. The molecule has 0 radical (unpaired) electrons. The third kappa shape index (κ3) is 1.98. The summed E-state index contributed by atoms with van der Waals surface area (Å²) in [5.74, 6) is 0. The molecule has 1 aromatic carbocycles. The van der Waals surface area contributed by atoms with Gasteiger partial charge >= 0.3 is 0 Å². The summed E-state index contributed by atoms with van der Waals surface area (Å²) in [6.07, 6.45) is -1.19. The van der Waals surface area contributed by atoms with Crippen LogP contribution < -0.4 is 5.73 Å². The highest BCUT2D eigenvalue weighted by atomic mass is 16.6. The van der Waals surface area contributed by atoms with E-state index in [9.17, 15) is 15.2 Å². The van der Waals surface area contributed by atoms with Crippen LogP contribution in [0.25, 0.3) is 0 Å². The van der Waals surface area contributed by atoms with Crippen LogP contribution in [0, 0.1) is 10.1 Å². The molecule has 1 aromatic rings. The molecule has 14 heavy (non-hydrogen) atoms. The molecule has 0 aliphatic rings. The molecule has 0 aromatic heterocycles. The van der Waals surface area contributed by atoms with Crippen molar-refractivity contribution in [3.05, 3.63) is 33.9 Å². The van der Waals surface area contributed by atoms with Crippen LogP contribution in [0.1, 0.15) is 11.7 Å². The zero-order valence-electron chi connectivity index (χ0n) is 7.25. The van der Waals surface area contributed by atoms with E-state index in [2.05, 4.69) is 0 Å². The van der Waals surface area contributed by atoms with Crippen LogP contribution in [0.5, 0.6) is 0 Å². The summed E-state index contributed by atoms with van der Waals surface area (Å²) < 4.78 is 0. The lowest BCUT2D eigenvalue weighted by molar-refractivity contribution is -0.385. The normalized spacial score (nSPS) is 12.4. The van der Waals surface area contributed by atoms with Crippen molar-refractivity contribution in [1.82, 2.24) is 0 Å². The maximum atomic E-state index is 10.4. The number of benzene rings is 1. The standard InChI is InChI=1S/C8H10N2O4/c9-7-2-1-5(10(13)14)3-6(7)8(12)4-11/h1-3,8,11-12H,4,9H2. The Morgan fingerprint density at radius 2 is 2.21 bits per heavy atom. The van der Waals surface area contributed by atoms with Crippen molar-refractivity contribution in [2.75, 3.05) is 12.3 Å². The van der Waals surface area contributed by atoms with Crippen LogP contribution in [-0.2, 0) is 0 Å². The number of nitro benzene ring substituents is 1. The van der Waals surface area contributed by atoms with Gasteiger partial charge in [-0.3, -0.25) is 10.1 Å². The lowest BCUT2D eigenvalue weighted by Gasteiger charge is -2.09. The predicted molar refractivity (Wildman–Crippen MR) is 49.6 cm³/mol. The molecule has 76 valence electrons. The zero-order valence-corrected chi connectivity index (χ0v) is 7.25. The van der Waals surface area contributed by atoms with Crippen LogP contribution in [0.2, 0.25) is 0 Å². The summed E-state index contributed by atoms with van der Waals surface area (Å²) in [7, 11) is 0. The Labute approximate surface area is 79.7 Å². The molecule has 0 fully saturated rings. The highest BCUT2D eigenvalue weighted by Gasteiger charge is 2.14. The minimum atomic E-state index is -1.19. The fourth-order valence-corrected chi connectivity index (χ4v) is 1.06. The number of nitrogens with zero attached hydrogens (tertiary/aromatic N) is 1. The molecular formula is C8H10N2O4. The molecule has 1 rings (SSSR count). The summed E-state index contributed by atoms with van der Waals surface area (Å²) in [4.78, 5) is 9.81. The molecule has 0 amide bonds. The number of nitro groups is 1. The molecule has 0 aliphatic carbocycles. The van der Waals surface area contributed by atoms with Crippen LogP contribution in [0.15, 0.2) is 18.2 Å². The van der Waals surface area contributed by atoms with E-state index in [1.807, 2.05) is 0 Å². The minimum Gasteiger partial charge on any atom is -0.398 e. The van der Waals surface area contributed by atoms with Crippen LogP contribution in [0.4, 0.5) is 11.4 Å². The molecule has 1 atom stereocenters. The second kappa shape index (κ2) is 4.03. The highest BCUT2D eigenvalue weighted by molar-refractivity contribution is 5.53. The third-order valence-electron chi connectivity index (χ3n) is 1.81. The SMILES string of the molecule is Nc1ccc([N+](=O)[O-])cc1C(O)CO. The molecule has 6 heteroatoms. The minimum absolute atomic E-state index is 0.165. The number of nitrogen functional groups attached to an aromatic ring is 1. The van der Waals surface area contributed by atoms with Gasteiger partial charge in [0.2, 0.25) is 0 Å². The van der Waals surface area contributed by atoms with Crippen LogP contribution in [0.3, 0.4) is 0 Å². The first-order valence-electron chi connectivity index (χ1n) is 3.89. The second-order valence-corrected chi connectivity index (χ2v) is 2.77. The average Bonchev–Trinajstić information content (AvgIpc) is 2.17. The van der Waals surface area contributed by atoms with Gasteiger partial charge in [-0.15, -0.1) is 0 Å². The number of hydrogen-bond donors (Lipinski definition) is 3. The van der Waals surface area contributed by atoms with Gasteiger partial charge in [-0.2, -0.15) is 0 Å². The van der Waals surface area contributed by atoms with Crippen molar-refractivity contribution in [2.24, 2.45) is 0 Å². The number of non-ortho nitro benzene ring substituents is 1. The van der Waals surface area contributed by atoms with E-state index in [-0.39, 0.29) is 16.9 Å². The Morgan fingerprint density at radius 3 is 2.71 bits per heavy atom. The van der Waals surface area contributed by atoms with E-state index in [4.69, 9.17) is 10.8 Å². The van der Waals surface area contributed by atoms with E-state index in [0.29, 0.717) is 0 Å². The lowest BCUT2D eigenvalue weighted by atomic mass is 10.1. The Balaban J connectivity index is 3.14. The fraction of sp³-hybridized carbons (Fsp3) is 0.250. The van der Waals surface area contributed by atoms with Gasteiger partial charge < -0.3 is 15.9 Å². The van der Waals surface area contributed by atoms with Crippen LogP contribution >= 0.6 is 0 Å². The van der Waals surface area contributed by atoms with Gasteiger partial charge in [0.25, 0.3) is 5.69 Å². The number of rotatable bonds is 3. The fourth-order valence-electron chi connectivity index (χ4n) is 1.06. The third-order valence-corrected chi connectivity index (χ3v) is 1.81. The quantitative estimate of drug-likeness (QED) is 0.365. The molecule has 0 saturated carbocycles. The maximum absolute atomic E-state index is 10.4. The Morgan fingerprint density at radius 1 is 1.57 bits per heavy atom. The van der Waals surface area contributed by atoms with Crippen molar-refractivity contribution < 1.29 is 15.1 Å². The van der Waals surface area contributed by atoms with Gasteiger partial charge in [0.1, 0.15) is 6.10 Å².